The number of carboxylic acids is 1. The first-order valence-corrected chi connectivity index (χ1v) is 16.6. The van der Waals surface area contributed by atoms with Gasteiger partial charge in [0.25, 0.3) is 0 Å². The van der Waals surface area contributed by atoms with Gasteiger partial charge in [0.15, 0.2) is 11.6 Å². The molecule has 0 spiro atoms. The summed E-state index contributed by atoms with van der Waals surface area (Å²) in [7, 11) is -1.11. The molecule has 0 radical (unpaired) electrons. The van der Waals surface area contributed by atoms with Crippen LogP contribution in [-0.4, -0.2) is 64.3 Å². The third-order valence-electron chi connectivity index (χ3n) is 9.47. The molecule has 3 N–H and O–H groups in total. The lowest BCUT2D eigenvalue weighted by Crippen LogP contribution is -2.46. The molecule has 0 unspecified atom stereocenters. The van der Waals surface area contributed by atoms with Crippen molar-refractivity contribution in [3.8, 4) is 11.5 Å². The first kappa shape index (κ1) is 34.4. The van der Waals surface area contributed by atoms with Crippen LogP contribution in [0.4, 0.5) is 4.39 Å². The number of para-hydroxylation sites is 1. The van der Waals surface area contributed by atoms with E-state index in [1.54, 1.807) is 6.07 Å². The van der Waals surface area contributed by atoms with Gasteiger partial charge in [-0.05, 0) is 91.7 Å². The molecule has 11 heteroatoms. The number of hydrogen-bond donors (Lipinski definition) is 3. The molecule has 250 valence electrons. The van der Waals surface area contributed by atoms with Crippen molar-refractivity contribution in [2.24, 2.45) is 17.8 Å². The quantitative estimate of drug-likeness (QED) is 0.0926. The lowest BCUT2D eigenvalue weighted by Gasteiger charge is -2.43. The number of phenolic OH excluding ortho intramolecular Hbond substituents is 1. The summed E-state index contributed by atoms with van der Waals surface area (Å²) in [6.07, 6.45) is 6.36. The largest absolute Gasteiger partial charge is 0.505 e. The Morgan fingerprint density at radius 3 is 2.57 bits per heavy atom. The molecule has 1 aliphatic carbocycles. The molecule has 2 aliphatic heterocycles. The number of carboxylic acid groups (broad SMARTS) is 1. The topological polar surface area (TPSA) is 134 Å². The molecule has 2 fully saturated rings. The number of halogens is 1. The predicted octanol–water partition coefficient (Wildman–Crippen LogP) is 6.02. The van der Waals surface area contributed by atoms with Crippen LogP contribution in [0.3, 0.4) is 0 Å². The first-order chi connectivity index (χ1) is 22.7. The van der Waals surface area contributed by atoms with Crippen molar-refractivity contribution >= 4 is 31.0 Å². The molecule has 9 nitrogen and oxygen atoms in total. The summed E-state index contributed by atoms with van der Waals surface area (Å²) in [6, 6.07) is 13.7. The van der Waals surface area contributed by atoms with Crippen LogP contribution in [0.5, 0.6) is 11.5 Å². The van der Waals surface area contributed by atoms with Crippen molar-refractivity contribution in [3.05, 3.63) is 76.6 Å². The smallest absolute Gasteiger partial charge is 0.455 e. The van der Waals surface area contributed by atoms with Crippen LogP contribution in [0.15, 0.2) is 65.3 Å². The second kappa shape index (κ2) is 15.8. The zero-order valence-corrected chi connectivity index (χ0v) is 26.8. The van der Waals surface area contributed by atoms with Gasteiger partial charge in [0, 0.05) is 13.0 Å². The summed E-state index contributed by atoms with van der Waals surface area (Å²) in [6.45, 7) is 2.52. The predicted molar refractivity (Wildman–Crippen MR) is 175 cm³/mol. The van der Waals surface area contributed by atoms with Crippen molar-refractivity contribution in [1.82, 2.24) is 4.90 Å². The number of nitrogens with zero attached hydrogens (tertiary/aromatic N) is 1. The third-order valence-corrected chi connectivity index (χ3v) is 9.47. The minimum absolute atomic E-state index is 0.0491. The number of imide groups is 1. The summed E-state index contributed by atoms with van der Waals surface area (Å²) >= 11 is 0. The maximum atomic E-state index is 14.1. The van der Waals surface area contributed by atoms with Crippen molar-refractivity contribution in [3.63, 3.8) is 0 Å². The number of carbonyl (C=O) groups is 3. The Hall–Kier alpha value is -3.96. The summed E-state index contributed by atoms with van der Waals surface area (Å²) in [5.74, 6) is -3.30. The maximum Gasteiger partial charge on any atom is 0.455 e. The van der Waals surface area contributed by atoms with Crippen LogP contribution in [0.2, 0.25) is 6.32 Å². The lowest BCUT2D eigenvalue weighted by atomic mass is 9.58. The number of allylic oxidation sites excluding steroid dienone is 1. The highest BCUT2D eigenvalue weighted by Gasteiger charge is 2.57. The average molecular weight is 648 g/mol. The number of likely N-dealkylation sites (tertiary alicyclic amines) is 1. The summed E-state index contributed by atoms with van der Waals surface area (Å²) < 4.78 is 26.4. The molecule has 2 amide bonds. The molecule has 2 aromatic rings. The Morgan fingerprint density at radius 2 is 1.85 bits per heavy atom. The Kier molecular flexibility index (Phi) is 11.5. The van der Waals surface area contributed by atoms with Crippen LogP contribution >= 0.6 is 0 Å². The van der Waals surface area contributed by atoms with Gasteiger partial charge in [-0.1, -0.05) is 55.7 Å². The van der Waals surface area contributed by atoms with E-state index in [0.717, 1.165) is 29.6 Å². The minimum Gasteiger partial charge on any atom is -0.505 e. The van der Waals surface area contributed by atoms with Crippen LogP contribution in [0, 0.1) is 23.6 Å². The number of aromatic hydroxyl groups is 1. The molecule has 2 saturated heterocycles. The SMILES string of the molecule is CCC/C(=C\c1ccc(O)c(F)c1)CC[C@H]1OB(O)C[C@H]2C1=C(COc1ccccc1)C[C@H]1C(=O)N(CCCCCC(=O)O)C(=O)[C@H]12. The van der Waals surface area contributed by atoms with E-state index in [0.29, 0.717) is 49.8 Å². The van der Waals surface area contributed by atoms with Gasteiger partial charge in [-0.25, -0.2) is 4.39 Å². The second-order valence-electron chi connectivity index (χ2n) is 12.8. The fourth-order valence-electron chi connectivity index (χ4n) is 7.35. The zero-order valence-electron chi connectivity index (χ0n) is 26.8. The number of hydrogen-bond acceptors (Lipinski definition) is 7. The molecule has 5 rings (SSSR count). The minimum atomic E-state index is -1.11. The van der Waals surface area contributed by atoms with Gasteiger partial charge in [0.05, 0.1) is 17.9 Å². The standard InChI is InChI=1S/C36H43BFNO8/c1-2-9-23(18-24-13-15-30(40)29(38)19-24)14-16-31-33-25(22-46-26-10-5-3-6-11-26)20-27-34(28(33)21-37(45)47-31)36(44)39(35(27)43)17-8-4-7-12-32(41)42/h3,5-6,10-11,13,15,18-19,27-28,31,34,40,45H,2,4,7-9,12,14,16-17,20-22H2,1H3,(H,41,42)/b23-18+/t27-,28+,31-,34-/m1/s1. The molecule has 3 aliphatic rings. The number of benzene rings is 2. The van der Waals surface area contributed by atoms with Gasteiger partial charge in [0.2, 0.25) is 11.8 Å². The highest BCUT2D eigenvalue weighted by atomic mass is 19.1. The third kappa shape index (κ3) is 8.32. The fourth-order valence-corrected chi connectivity index (χ4v) is 7.35. The monoisotopic (exact) mass is 647 g/mol. The second-order valence-corrected chi connectivity index (χ2v) is 12.8. The van der Waals surface area contributed by atoms with Crippen molar-refractivity contribution < 1.29 is 43.4 Å². The van der Waals surface area contributed by atoms with Gasteiger partial charge in [-0.2, -0.15) is 0 Å². The van der Waals surface area contributed by atoms with Crippen molar-refractivity contribution in [1.29, 1.82) is 0 Å². The molecule has 4 atom stereocenters. The molecule has 2 heterocycles. The van der Waals surface area contributed by atoms with Gasteiger partial charge in [0.1, 0.15) is 12.4 Å². The number of fused-ring (bicyclic) bond motifs is 3. The number of phenols is 1. The number of amides is 2. The Labute approximate surface area is 275 Å². The van der Waals surface area contributed by atoms with Crippen molar-refractivity contribution in [2.45, 2.75) is 77.1 Å². The Morgan fingerprint density at radius 1 is 1.06 bits per heavy atom. The number of carbonyl (C=O) groups excluding carboxylic acids is 2. The van der Waals surface area contributed by atoms with E-state index in [9.17, 15) is 28.9 Å². The fraction of sp³-hybridized carbons (Fsp3) is 0.472. The molecular formula is C36H43BFNO8. The molecule has 0 aromatic heterocycles. The van der Waals surface area contributed by atoms with Gasteiger partial charge in [-0.3, -0.25) is 19.3 Å². The lowest BCUT2D eigenvalue weighted by molar-refractivity contribution is -0.141. The molecule has 2 aromatic carbocycles. The first-order valence-electron chi connectivity index (χ1n) is 16.6. The highest BCUT2D eigenvalue weighted by molar-refractivity contribution is 6.43. The normalized spacial score (nSPS) is 22.8. The Balaban J connectivity index is 1.40. The Bertz CT molecular complexity index is 1510. The number of rotatable bonds is 15. The highest BCUT2D eigenvalue weighted by Crippen LogP contribution is 2.50. The van der Waals surface area contributed by atoms with E-state index in [4.69, 9.17) is 14.5 Å². The summed E-state index contributed by atoms with van der Waals surface area (Å²) in [5, 5.41) is 29.5. The number of aliphatic carboxylic acids is 1. The molecular weight excluding hydrogens is 604 g/mol. The van der Waals surface area contributed by atoms with Crippen molar-refractivity contribution in [2.75, 3.05) is 13.2 Å². The van der Waals surface area contributed by atoms with E-state index in [1.165, 1.54) is 17.0 Å². The molecule has 47 heavy (non-hydrogen) atoms. The van der Waals surface area contributed by atoms with Gasteiger partial charge >= 0.3 is 13.1 Å². The van der Waals surface area contributed by atoms with E-state index in [2.05, 4.69) is 6.92 Å². The average Bonchev–Trinajstić information content (AvgIpc) is 3.28. The summed E-state index contributed by atoms with van der Waals surface area (Å²) in [4.78, 5) is 39.8. The summed E-state index contributed by atoms with van der Waals surface area (Å²) in [5.41, 5.74) is 3.53. The van der Waals surface area contributed by atoms with E-state index >= 15 is 0 Å². The van der Waals surface area contributed by atoms with E-state index < -0.39 is 48.5 Å². The van der Waals surface area contributed by atoms with E-state index in [-0.39, 0.29) is 37.7 Å². The zero-order chi connectivity index (χ0) is 33.5. The molecule has 0 bridgehead atoms. The van der Waals surface area contributed by atoms with Crippen LogP contribution in [0.25, 0.3) is 6.08 Å². The number of unbranched alkanes of at least 4 members (excludes halogenated alkanes) is 2. The van der Waals surface area contributed by atoms with Crippen LogP contribution in [-0.2, 0) is 19.0 Å². The maximum absolute atomic E-state index is 14.1. The van der Waals surface area contributed by atoms with Gasteiger partial charge in [-0.15, -0.1) is 0 Å². The number of ether oxygens (including phenoxy) is 1. The van der Waals surface area contributed by atoms with Crippen LogP contribution in [0.1, 0.15) is 70.3 Å². The van der Waals surface area contributed by atoms with E-state index in [1.807, 2.05) is 36.4 Å². The van der Waals surface area contributed by atoms with Crippen LogP contribution < -0.4 is 4.74 Å². The van der Waals surface area contributed by atoms with Gasteiger partial charge < -0.3 is 24.6 Å². The molecule has 0 saturated carbocycles.